The first-order chi connectivity index (χ1) is 8.34. The van der Waals surface area contributed by atoms with Crippen LogP contribution in [-0.2, 0) is 10.3 Å². The van der Waals surface area contributed by atoms with Crippen LogP contribution in [0, 0.1) is 0 Å². The highest BCUT2D eigenvalue weighted by Gasteiger charge is 2.44. The Hall–Kier alpha value is -0.860. The van der Waals surface area contributed by atoms with Gasteiger partial charge >= 0.3 is 0 Å². The fraction of sp³-hybridized carbons (Fsp3) is 0.600. The van der Waals surface area contributed by atoms with E-state index in [1.165, 1.54) is 43.4 Å². The molecule has 1 aliphatic carbocycles. The Morgan fingerprint density at radius 2 is 2.24 bits per heavy atom. The van der Waals surface area contributed by atoms with Crippen molar-refractivity contribution >= 4 is 0 Å². The van der Waals surface area contributed by atoms with E-state index in [1.807, 2.05) is 7.11 Å². The topological polar surface area (TPSA) is 21.3 Å². The summed E-state index contributed by atoms with van der Waals surface area (Å²) in [6.07, 6.45) is 4.96. The number of benzene rings is 1. The first-order valence-corrected chi connectivity index (χ1v) is 6.70. The van der Waals surface area contributed by atoms with Crippen molar-refractivity contribution in [2.45, 2.75) is 37.2 Å². The van der Waals surface area contributed by atoms with E-state index < -0.39 is 0 Å². The maximum atomic E-state index is 5.66. The molecule has 1 aromatic carbocycles. The maximum absolute atomic E-state index is 5.66. The third-order valence-corrected chi connectivity index (χ3v) is 4.28. The summed E-state index contributed by atoms with van der Waals surface area (Å²) in [4.78, 5) is 0. The molecule has 1 saturated heterocycles. The van der Waals surface area contributed by atoms with Crippen molar-refractivity contribution in [3.8, 4) is 0 Å². The summed E-state index contributed by atoms with van der Waals surface area (Å²) < 4.78 is 5.66. The molecular weight excluding hydrogens is 210 g/mol. The lowest BCUT2D eigenvalue weighted by atomic mass is 9.89. The monoisotopic (exact) mass is 231 g/mol. The third kappa shape index (κ3) is 2.12. The minimum atomic E-state index is 0.0537. The average Bonchev–Trinajstić information content (AvgIpc) is 3.21. The lowest BCUT2D eigenvalue weighted by Gasteiger charge is -2.24. The van der Waals surface area contributed by atoms with Gasteiger partial charge in [-0.1, -0.05) is 24.3 Å². The smallest absolute Gasteiger partial charge is 0.0930 e. The Labute approximate surface area is 103 Å². The van der Waals surface area contributed by atoms with Crippen molar-refractivity contribution in [1.29, 1.82) is 0 Å². The fourth-order valence-electron chi connectivity index (χ4n) is 2.94. The third-order valence-electron chi connectivity index (χ3n) is 4.28. The van der Waals surface area contributed by atoms with Crippen molar-refractivity contribution in [3.05, 3.63) is 35.4 Å². The molecule has 0 bridgehead atoms. The van der Waals surface area contributed by atoms with E-state index in [-0.39, 0.29) is 5.60 Å². The van der Waals surface area contributed by atoms with E-state index in [1.54, 1.807) is 0 Å². The van der Waals surface area contributed by atoms with E-state index in [4.69, 9.17) is 4.74 Å². The van der Waals surface area contributed by atoms with Gasteiger partial charge in [-0.25, -0.2) is 0 Å². The number of rotatable bonds is 3. The Balaban J connectivity index is 1.83. The molecule has 2 nitrogen and oxygen atoms in total. The molecule has 1 atom stereocenters. The molecule has 17 heavy (non-hydrogen) atoms. The highest BCUT2D eigenvalue weighted by atomic mass is 16.5. The zero-order valence-electron chi connectivity index (χ0n) is 10.5. The molecule has 0 spiro atoms. The zero-order valence-corrected chi connectivity index (χ0v) is 10.5. The van der Waals surface area contributed by atoms with Crippen LogP contribution in [0.1, 0.15) is 42.7 Å². The quantitative estimate of drug-likeness (QED) is 0.863. The van der Waals surface area contributed by atoms with Gasteiger partial charge in [0.2, 0.25) is 0 Å². The van der Waals surface area contributed by atoms with Crippen molar-refractivity contribution in [3.63, 3.8) is 0 Å². The highest BCUT2D eigenvalue weighted by Crippen LogP contribution is 2.49. The van der Waals surface area contributed by atoms with E-state index in [0.717, 1.165) is 6.54 Å². The largest absolute Gasteiger partial charge is 0.374 e. The molecule has 3 rings (SSSR count). The van der Waals surface area contributed by atoms with Crippen LogP contribution in [0.2, 0.25) is 0 Å². The first kappa shape index (κ1) is 11.2. The summed E-state index contributed by atoms with van der Waals surface area (Å²) >= 11 is 0. The van der Waals surface area contributed by atoms with Gasteiger partial charge in [-0.05, 0) is 49.3 Å². The van der Waals surface area contributed by atoms with Gasteiger partial charge in [-0.3, -0.25) is 0 Å². The molecule has 2 heteroatoms. The summed E-state index contributed by atoms with van der Waals surface area (Å²) in [5.74, 6) is 0.691. The van der Waals surface area contributed by atoms with Gasteiger partial charge in [0.05, 0.1) is 5.60 Å². The zero-order chi connectivity index (χ0) is 11.7. The number of piperidine rings is 1. The van der Waals surface area contributed by atoms with Crippen LogP contribution in [0.4, 0.5) is 0 Å². The van der Waals surface area contributed by atoms with E-state index in [0.29, 0.717) is 5.92 Å². The van der Waals surface area contributed by atoms with Gasteiger partial charge < -0.3 is 10.1 Å². The van der Waals surface area contributed by atoms with Crippen LogP contribution in [0.25, 0.3) is 0 Å². The Bertz CT molecular complexity index is 392. The van der Waals surface area contributed by atoms with Gasteiger partial charge in [-0.15, -0.1) is 0 Å². The second-order valence-corrected chi connectivity index (χ2v) is 5.37. The van der Waals surface area contributed by atoms with Crippen molar-refractivity contribution in [2.24, 2.45) is 0 Å². The first-order valence-electron chi connectivity index (χ1n) is 6.70. The summed E-state index contributed by atoms with van der Waals surface area (Å²) in [6.45, 7) is 2.31. The summed E-state index contributed by atoms with van der Waals surface area (Å²) in [5.41, 5.74) is 2.92. The lowest BCUT2D eigenvalue weighted by Crippen LogP contribution is -2.28. The molecule has 2 fully saturated rings. The molecule has 0 amide bonds. The van der Waals surface area contributed by atoms with Crippen molar-refractivity contribution < 1.29 is 4.74 Å². The van der Waals surface area contributed by atoms with E-state index in [9.17, 15) is 0 Å². The second-order valence-electron chi connectivity index (χ2n) is 5.37. The molecule has 1 aliphatic heterocycles. The van der Waals surface area contributed by atoms with Gasteiger partial charge in [0.25, 0.3) is 0 Å². The molecule has 92 valence electrons. The van der Waals surface area contributed by atoms with Crippen LogP contribution in [0.3, 0.4) is 0 Å². The Morgan fingerprint density at radius 3 is 2.88 bits per heavy atom. The average molecular weight is 231 g/mol. The predicted molar refractivity (Wildman–Crippen MR) is 69.2 cm³/mol. The van der Waals surface area contributed by atoms with Crippen LogP contribution in [0.15, 0.2) is 24.3 Å². The standard InChI is InChI=1S/C15H21NO/c1-17-15(7-8-15)14-6-2-4-12(10-14)13-5-3-9-16-11-13/h2,4,6,10,13,16H,3,5,7-9,11H2,1H3. The van der Waals surface area contributed by atoms with Crippen LogP contribution < -0.4 is 5.32 Å². The highest BCUT2D eigenvalue weighted by molar-refractivity contribution is 5.34. The number of ether oxygens (including phenoxy) is 1. The fourth-order valence-corrected chi connectivity index (χ4v) is 2.94. The molecule has 0 aromatic heterocycles. The van der Waals surface area contributed by atoms with Gasteiger partial charge in [0.15, 0.2) is 0 Å². The molecule has 1 N–H and O–H groups in total. The molecule has 0 radical (unpaired) electrons. The second kappa shape index (κ2) is 4.43. The molecule has 1 aromatic rings. The van der Waals surface area contributed by atoms with Crippen molar-refractivity contribution in [1.82, 2.24) is 5.32 Å². The van der Waals surface area contributed by atoms with Gasteiger partial charge in [-0.2, -0.15) is 0 Å². The van der Waals surface area contributed by atoms with E-state index in [2.05, 4.69) is 29.6 Å². The lowest BCUT2D eigenvalue weighted by molar-refractivity contribution is 0.0788. The summed E-state index contributed by atoms with van der Waals surface area (Å²) in [6, 6.07) is 9.05. The number of methoxy groups -OCH3 is 1. The predicted octanol–water partition coefficient (Wildman–Crippen LogP) is 2.79. The minimum Gasteiger partial charge on any atom is -0.374 e. The molecule has 1 heterocycles. The minimum absolute atomic E-state index is 0.0537. The molecule has 1 saturated carbocycles. The number of hydrogen-bond acceptors (Lipinski definition) is 2. The van der Waals surface area contributed by atoms with Gasteiger partial charge in [0.1, 0.15) is 0 Å². The van der Waals surface area contributed by atoms with Crippen molar-refractivity contribution in [2.75, 3.05) is 20.2 Å². The molecule has 2 aliphatic rings. The number of nitrogens with one attached hydrogen (secondary N) is 1. The summed E-state index contributed by atoms with van der Waals surface area (Å²) in [7, 11) is 1.84. The maximum Gasteiger partial charge on any atom is 0.0930 e. The number of hydrogen-bond donors (Lipinski definition) is 1. The van der Waals surface area contributed by atoms with E-state index >= 15 is 0 Å². The van der Waals surface area contributed by atoms with Gasteiger partial charge in [0, 0.05) is 13.7 Å². The SMILES string of the molecule is COC1(c2cccc(C3CCCNC3)c2)CC1. The van der Waals surface area contributed by atoms with Crippen LogP contribution in [-0.4, -0.2) is 20.2 Å². The Kier molecular flexibility index (Phi) is 2.93. The summed E-state index contributed by atoms with van der Waals surface area (Å²) in [5, 5.41) is 3.49. The molecule has 1 unspecified atom stereocenters. The normalized spacial score (nSPS) is 26.8. The van der Waals surface area contributed by atoms with Crippen LogP contribution in [0.5, 0.6) is 0 Å². The molecular formula is C15H21NO. The van der Waals surface area contributed by atoms with Crippen LogP contribution >= 0.6 is 0 Å². The Morgan fingerprint density at radius 1 is 1.35 bits per heavy atom.